The van der Waals surface area contributed by atoms with Crippen molar-refractivity contribution in [3.63, 3.8) is 0 Å². The van der Waals surface area contributed by atoms with Crippen LogP contribution in [0.25, 0.3) is 0 Å². The first-order valence-electron chi connectivity index (χ1n) is 4.80. The van der Waals surface area contributed by atoms with Crippen molar-refractivity contribution in [2.24, 2.45) is 0 Å². The second kappa shape index (κ2) is 5.56. The number of hydrogen-bond donors (Lipinski definition) is 1. The van der Waals surface area contributed by atoms with Gasteiger partial charge in [0.15, 0.2) is 0 Å². The number of ether oxygens (including phenoxy) is 1. The number of methoxy groups -OCH3 is 1. The van der Waals surface area contributed by atoms with E-state index in [0.717, 1.165) is 5.57 Å². The van der Waals surface area contributed by atoms with Crippen LogP contribution in [0.2, 0.25) is 5.02 Å². The zero-order chi connectivity index (χ0) is 12.1. The van der Waals surface area contributed by atoms with Crippen molar-refractivity contribution in [3.05, 3.63) is 40.9 Å². The van der Waals surface area contributed by atoms with E-state index in [1.165, 1.54) is 7.11 Å². The summed E-state index contributed by atoms with van der Waals surface area (Å²) >= 11 is 5.83. The summed E-state index contributed by atoms with van der Waals surface area (Å²) in [6, 6.07) is 4.92. The molecule has 1 aromatic rings. The van der Waals surface area contributed by atoms with E-state index < -0.39 is 0 Å². The Morgan fingerprint density at radius 1 is 1.56 bits per heavy atom. The highest BCUT2D eigenvalue weighted by Gasteiger charge is 2.12. The van der Waals surface area contributed by atoms with Crippen LogP contribution in [0.1, 0.15) is 17.3 Å². The van der Waals surface area contributed by atoms with Crippen LogP contribution >= 0.6 is 11.6 Å². The first kappa shape index (κ1) is 12.6. The number of carbonyl (C=O) groups is 1. The minimum Gasteiger partial charge on any atom is -0.496 e. The van der Waals surface area contributed by atoms with E-state index in [0.29, 0.717) is 22.9 Å². The standard InChI is InChI=1S/C12H14ClNO2/c1-8(2)7-14-12(15)10-6-9(13)4-5-11(10)16-3/h4-6H,1,7H2,2-3H3,(H,14,15). The van der Waals surface area contributed by atoms with Gasteiger partial charge in [-0.05, 0) is 25.1 Å². The highest BCUT2D eigenvalue weighted by Crippen LogP contribution is 2.22. The fourth-order valence-corrected chi connectivity index (χ4v) is 1.36. The van der Waals surface area contributed by atoms with Crippen molar-refractivity contribution in [3.8, 4) is 5.75 Å². The summed E-state index contributed by atoms with van der Waals surface area (Å²) in [6.07, 6.45) is 0. The lowest BCUT2D eigenvalue weighted by Crippen LogP contribution is -2.25. The normalized spacial score (nSPS) is 9.69. The smallest absolute Gasteiger partial charge is 0.255 e. The summed E-state index contributed by atoms with van der Waals surface area (Å²) in [5.74, 6) is 0.283. The van der Waals surface area contributed by atoms with Gasteiger partial charge in [0, 0.05) is 11.6 Å². The molecule has 0 atom stereocenters. The molecule has 0 unspecified atom stereocenters. The molecule has 86 valence electrons. The van der Waals surface area contributed by atoms with Crippen molar-refractivity contribution in [2.75, 3.05) is 13.7 Å². The van der Waals surface area contributed by atoms with E-state index in [1.54, 1.807) is 18.2 Å². The molecule has 0 aromatic heterocycles. The molecule has 0 aliphatic heterocycles. The van der Waals surface area contributed by atoms with E-state index >= 15 is 0 Å². The predicted molar refractivity (Wildman–Crippen MR) is 65.2 cm³/mol. The Morgan fingerprint density at radius 2 is 2.25 bits per heavy atom. The zero-order valence-electron chi connectivity index (χ0n) is 9.34. The van der Waals surface area contributed by atoms with Gasteiger partial charge in [-0.15, -0.1) is 0 Å². The summed E-state index contributed by atoms with van der Waals surface area (Å²) in [7, 11) is 1.51. The molecule has 0 aliphatic rings. The van der Waals surface area contributed by atoms with Gasteiger partial charge in [-0.25, -0.2) is 0 Å². The second-order valence-electron chi connectivity index (χ2n) is 3.48. The minimum atomic E-state index is -0.220. The molecule has 0 radical (unpaired) electrons. The van der Waals surface area contributed by atoms with Crippen LogP contribution in [-0.4, -0.2) is 19.6 Å². The molecule has 0 saturated heterocycles. The maximum atomic E-state index is 11.8. The van der Waals surface area contributed by atoms with Crippen LogP contribution < -0.4 is 10.1 Å². The number of amides is 1. The van der Waals surface area contributed by atoms with Crippen molar-refractivity contribution in [1.82, 2.24) is 5.32 Å². The second-order valence-corrected chi connectivity index (χ2v) is 3.92. The van der Waals surface area contributed by atoms with Gasteiger partial charge < -0.3 is 10.1 Å². The fourth-order valence-electron chi connectivity index (χ4n) is 1.18. The van der Waals surface area contributed by atoms with E-state index in [2.05, 4.69) is 11.9 Å². The molecule has 0 heterocycles. The molecule has 0 spiro atoms. The molecule has 1 rings (SSSR count). The third-order valence-corrected chi connectivity index (χ3v) is 2.19. The average molecular weight is 240 g/mol. The van der Waals surface area contributed by atoms with Gasteiger partial charge in [0.25, 0.3) is 5.91 Å². The summed E-state index contributed by atoms with van der Waals surface area (Å²) in [5, 5.41) is 3.22. The molecule has 0 fully saturated rings. The van der Waals surface area contributed by atoms with E-state index in [4.69, 9.17) is 16.3 Å². The van der Waals surface area contributed by atoms with Crippen molar-refractivity contribution < 1.29 is 9.53 Å². The number of nitrogens with one attached hydrogen (secondary N) is 1. The minimum absolute atomic E-state index is 0.220. The Balaban J connectivity index is 2.88. The number of benzene rings is 1. The Bertz CT molecular complexity index is 415. The highest BCUT2D eigenvalue weighted by atomic mass is 35.5. The number of halogens is 1. The Hall–Kier alpha value is -1.48. The molecule has 0 aliphatic carbocycles. The number of carbonyl (C=O) groups excluding carboxylic acids is 1. The highest BCUT2D eigenvalue weighted by molar-refractivity contribution is 6.31. The van der Waals surface area contributed by atoms with Gasteiger partial charge in [0.05, 0.1) is 12.7 Å². The van der Waals surface area contributed by atoms with Gasteiger partial charge in [-0.2, -0.15) is 0 Å². The Morgan fingerprint density at radius 3 is 2.81 bits per heavy atom. The third kappa shape index (κ3) is 3.28. The molecule has 3 nitrogen and oxygen atoms in total. The van der Waals surface area contributed by atoms with Crippen molar-refractivity contribution in [2.45, 2.75) is 6.92 Å². The SMILES string of the molecule is C=C(C)CNC(=O)c1cc(Cl)ccc1OC. The molecule has 0 bridgehead atoms. The van der Waals surface area contributed by atoms with Crippen LogP contribution in [0, 0.1) is 0 Å². The lowest BCUT2D eigenvalue weighted by molar-refractivity contribution is 0.0954. The summed E-state index contributed by atoms with van der Waals surface area (Å²) in [4.78, 5) is 11.8. The van der Waals surface area contributed by atoms with Gasteiger partial charge in [-0.3, -0.25) is 4.79 Å². The summed E-state index contributed by atoms with van der Waals surface area (Å²) in [5.41, 5.74) is 1.31. The Labute approximate surface area is 100 Å². The molecule has 1 N–H and O–H groups in total. The van der Waals surface area contributed by atoms with Crippen LogP contribution in [-0.2, 0) is 0 Å². The first-order valence-corrected chi connectivity index (χ1v) is 5.18. The van der Waals surface area contributed by atoms with Crippen LogP contribution in [0.4, 0.5) is 0 Å². The van der Waals surface area contributed by atoms with Crippen molar-refractivity contribution in [1.29, 1.82) is 0 Å². The summed E-state index contributed by atoms with van der Waals surface area (Å²) < 4.78 is 5.09. The van der Waals surface area contributed by atoms with Crippen LogP contribution in [0.15, 0.2) is 30.4 Å². The quantitative estimate of drug-likeness (QED) is 0.821. The average Bonchev–Trinajstić information content (AvgIpc) is 2.25. The van der Waals surface area contributed by atoms with E-state index in [1.807, 2.05) is 6.92 Å². The fraction of sp³-hybridized carbons (Fsp3) is 0.250. The monoisotopic (exact) mass is 239 g/mol. The molecule has 4 heteroatoms. The van der Waals surface area contributed by atoms with Gasteiger partial charge in [0.1, 0.15) is 5.75 Å². The van der Waals surface area contributed by atoms with Gasteiger partial charge >= 0.3 is 0 Å². The zero-order valence-corrected chi connectivity index (χ0v) is 10.1. The van der Waals surface area contributed by atoms with Crippen LogP contribution in [0.5, 0.6) is 5.75 Å². The first-order chi connectivity index (χ1) is 7.54. The molecular formula is C12H14ClNO2. The molecule has 16 heavy (non-hydrogen) atoms. The molecule has 1 aromatic carbocycles. The molecule has 1 amide bonds. The number of hydrogen-bond acceptors (Lipinski definition) is 2. The van der Waals surface area contributed by atoms with Gasteiger partial charge in [-0.1, -0.05) is 23.8 Å². The molecular weight excluding hydrogens is 226 g/mol. The largest absolute Gasteiger partial charge is 0.496 e. The lowest BCUT2D eigenvalue weighted by atomic mass is 10.2. The predicted octanol–water partition coefficient (Wildman–Crippen LogP) is 2.65. The van der Waals surface area contributed by atoms with Crippen LogP contribution in [0.3, 0.4) is 0 Å². The van der Waals surface area contributed by atoms with Gasteiger partial charge in [0.2, 0.25) is 0 Å². The summed E-state index contributed by atoms with van der Waals surface area (Å²) in [6.45, 7) is 5.99. The lowest BCUT2D eigenvalue weighted by Gasteiger charge is -2.09. The topological polar surface area (TPSA) is 38.3 Å². The van der Waals surface area contributed by atoms with E-state index in [9.17, 15) is 4.79 Å². The van der Waals surface area contributed by atoms with E-state index in [-0.39, 0.29) is 5.91 Å². The number of rotatable bonds is 4. The Kier molecular flexibility index (Phi) is 4.38. The third-order valence-electron chi connectivity index (χ3n) is 1.96. The maximum Gasteiger partial charge on any atom is 0.255 e. The molecule has 0 saturated carbocycles. The maximum absolute atomic E-state index is 11.8. The van der Waals surface area contributed by atoms with Crippen molar-refractivity contribution >= 4 is 17.5 Å².